The Labute approximate surface area is 248 Å². The second-order valence-electron chi connectivity index (χ2n) is 12.3. The van der Waals surface area contributed by atoms with Gasteiger partial charge in [-0.3, -0.25) is 19.2 Å². The molecule has 3 aliphatic carbocycles. The van der Waals surface area contributed by atoms with E-state index in [1.807, 2.05) is 26.0 Å². The summed E-state index contributed by atoms with van der Waals surface area (Å²) in [4.78, 5) is 73.6. The van der Waals surface area contributed by atoms with Gasteiger partial charge in [0.1, 0.15) is 5.75 Å². The third-order valence-electron chi connectivity index (χ3n) is 9.88. The Kier molecular flexibility index (Phi) is 5.86. The predicted octanol–water partition coefficient (Wildman–Crippen LogP) is 4.79. The molecule has 3 aromatic carbocycles. The van der Waals surface area contributed by atoms with Crippen LogP contribution < -0.4 is 14.5 Å². The molecule has 5 aliphatic rings. The number of para-hydroxylation sites is 1. The van der Waals surface area contributed by atoms with E-state index in [0.717, 1.165) is 11.1 Å². The molecule has 2 bridgehead atoms. The van der Waals surface area contributed by atoms with Crippen LogP contribution in [-0.2, 0) is 24.0 Å². The van der Waals surface area contributed by atoms with Crippen LogP contribution in [0.3, 0.4) is 0 Å². The number of carbonyl (C=O) groups is 5. The Bertz CT molecular complexity index is 1700. The molecule has 0 aromatic heterocycles. The van der Waals surface area contributed by atoms with Crippen LogP contribution in [-0.4, -0.2) is 29.6 Å². The van der Waals surface area contributed by atoms with Crippen LogP contribution in [0.1, 0.15) is 25.0 Å². The standard InChI is InChI=1S/C35H30N2O6/c1-18-10-8-12-21(16-18)36-30(38)25-24-20(3)27(34(42)43-23-14-6-5-7-15-23)35(4,28(25)32(36)40)29-26(24)31(39)37(33(29)41)22-13-9-11-19(2)17-22/h5-17,24-26,28-29H,1-4H3/t24?,25-,26-,28-,29+,35?/m1/s1. The van der Waals surface area contributed by atoms with Crippen molar-refractivity contribution in [3.05, 3.63) is 101 Å². The van der Waals surface area contributed by atoms with Gasteiger partial charge in [-0.05, 0) is 68.3 Å². The van der Waals surface area contributed by atoms with E-state index in [9.17, 15) is 24.0 Å². The number of nitrogens with zero attached hydrogens (tertiary/aromatic N) is 2. The zero-order valence-corrected chi connectivity index (χ0v) is 24.2. The van der Waals surface area contributed by atoms with Gasteiger partial charge in [0, 0.05) is 16.9 Å². The summed E-state index contributed by atoms with van der Waals surface area (Å²) in [6, 6.07) is 22.8. The Morgan fingerprint density at radius 1 is 0.651 bits per heavy atom. The average Bonchev–Trinajstić information content (AvgIpc) is 3.39. The molecular weight excluding hydrogens is 544 g/mol. The maximum Gasteiger partial charge on any atom is 0.339 e. The number of esters is 1. The lowest BCUT2D eigenvalue weighted by molar-refractivity contribution is -0.152. The van der Waals surface area contributed by atoms with Gasteiger partial charge in [0.15, 0.2) is 0 Å². The highest BCUT2D eigenvalue weighted by Gasteiger charge is 2.77. The molecule has 2 aliphatic heterocycles. The number of imide groups is 2. The summed E-state index contributed by atoms with van der Waals surface area (Å²) in [7, 11) is 0. The second kappa shape index (κ2) is 9.33. The molecule has 0 N–H and O–H groups in total. The highest BCUT2D eigenvalue weighted by Crippen LogP contribution is 2.68. The lowest BCUT2D eigenvalue weighted by atomic mass is 9.43. The fraction of sp³-hybridized carbons (Fsp3) is 0.286. The predicted molar refractivity (Wildman–Crippen MR) is 158 cm³/mol. The van der Waals surface area contributed by atoms with Crippen molar-refractivity contribution >= 4 is 41.0 Å². The molecule has 2 heterocycles. The molecule has 0 spiro atoms. The molecule has 2 unspecified atom stereocenters. The first-order valence-electron chi connectivity index (χ1n) is 14.4. The van der Waals surface area contributed by atoms with E-state index in [0.29, 0.717) is 22.7 Å². The van der Waals surface area contributed by atoms with E-state index in [1.54, 1.807) is 80.6 Å². The van der Waals surface area contributed by atoms with E-state index < -0.39 is 64.6 Å². The minimum Gasteiger partial charge on any atom is -0.423 e. The molecule has 8 rings (SSSR count). The van der Waals surface area contributed by atoms with Crippen molar-refractivity contribution in [2.24, 2.45) is 35.0 Å². The zero-order chi connectivity index (χ0) is 30.4. The third-order valence-corrected chi connectivity index (χ3v) is 9.88. The van der Waals surface area contributed by atoms with Gasteiger partial charge in [-0.15, -0.1) is 0 Å². The maximum absolute atomic E-state index is 14.4. The summed E-state index contributed by atoms with van der Waals surface area (Å²) in [5.41, 5.74) is 1.86. The van der Waals surface area contributed by atoms with E-state index in [1.165, 1.54) is 9.80 Å². The minimum atomic E-state index is -1.48. The first-order chi connectivity index (χ1) is 20.6. The van der Waals surface area contributed by atoms with Crippen LogP contribution in [0.4, 0.5) is 11.4 Å². The van der Waals surface area contributed by atoms with Crippen LogP contribution in [0.2, 0.25) is 0 Å². The minimum absolute atomic E-state index is 0.198. The van der Waals surface area contributed by atoms with Gasteiger partial charge in [-0.2, -0.15) is 0 Å². The van der Waals surface area contributed by atoms with Crippen LogP contribution in [0.15, 0.2) is 90.0 Å². The van der Waals surface area contributed by atoms with Crippen LogP contribution >= 0.6 is 0 Å². The summed E-state index contributed by atoms with van der Waals surface area (Å²) >= 11 is 0. The molecule has 1 saturated carbocycles. The van der Waals surface area contributed by atoms with Gasteiger partial charge in [0.2, 0.25) is 23.6 Å². The zero-order valence-electron chi connectivity index (χ0n) is 24.2. The van der Waals surface area contributed by atoms with Crippen molar-refractivity contribution in [2.75, 3.05) is 9.80 Å². The Balaban J connectivity index is 1.41. The Morgan fingerprint density at radius 2 is 1.14 bits per heavy atom. The molecule has 3 aromatic rings. The third kappa shape index (κ3) is 3.59. The Hall–Kier alpha value is -4.85. The number of anilines is 2. The van der Waals surface area contributed by atoms with Crippen molar-refractivity contribution in [3.8, 4) is 5.75 Å². The Morgan fingerprint density at radius 3 is 1.60 bits per heavy atom. The number of rotatable bonds is 4. The molecule has 8 nitrogen and oxygen atoms in total. The lowest BCUT2D eigenvalue weighted by Crippen LogP contribution is -2.61. The van der Waals surface area contributed by atoms with Crippen LogP contribution in [0.5, 0.6) is 5.75 Å². The summed E-state index contributed by atoms with van der Waals surface area (Å²) in [5, 5.41) is 0. The van der Waals surface area contributed by atoms with Crippen molar-refractivity contribution in [1.82, 2.24) is 0 Å². The summed E-state index contributed by atoms with van der Waals surface area (Å²) in [6.45, 7) is 7.17. The summed E-state index contributed by atoms with van der Waals surface area (Å²) in [5.74, 6) is -6.83. The van der Waals surface area contributed by atoms with Crippen molar-refractivity contribution < 1.29 is 28.7 Å². The number of amides is 4. The lowest BCUT2D eigenvalue weighted by Gasteiger charge is -2.55. The number of aryl methyl sites for hydroxylation is 2. The second-order valence-corrected chi connectivity index (χ2v) is 12.3. The van der Waals surface area contributed by atoms with Gasteiger partial charge in [-0.1, -0.05) is 55.0 Å². The largest absolute Gasteiger partial charge is 0.423 e. The number of hydrogen-bond donors (Lipinski definition) is 0. The number of hydrogen-bond acceptors (Lipinski definition) is 6. The van der Waals surface area contributed by atoms with Gasteiger partial charge in [0.05, 0.1) is 35.0 Å². The molecule has 216 valence electrons. The van der Waals surface area contributed by atoms with Crippen LogP contribution in [0, 0.1) is 48.9 Å². The number of allylic oxidation sites excluding steroid dienone is 1. The van der Waals surface area contributed by atoms with E-state index in [-0.39, 0.29) is 5.57 Å². The van der Waals surface area contributed by atoms with Gasteiger partial charge >= 0.3 is 5.97 Å². The highest BCUT2D eigenvalue weighted by atomic mass is 16.5. The molecule has 6 atom stereocenters. The molecule has 4 amide bonds. The monoisotopic (exact) mass is 574 g/mol. The molecular formula is C35H30N2O6. The van der Waals surface area contributed by atoms with Gasteiger partial charge in [-0.25, -0.2) is 14.6 Å². The quantitative estimate of drug-likeness (QED) is 0.252. The number of carbonyl (C=O) groups excluding carboxylic acids is 5. The van der Waals surface area contributed by atoms with Crippen LogP contribution in [0.25, 0.3) is 0 Å². The number of ether oxygens (including phenoxy) is 1. The SMILES string of the molecule is CC1=C(C(=O)Oc2ccccc2)C2(C)[C@@H]3C(=O)N(c4cccc(C)c4)C(=O)[C@@H]3C1[C@H]1C(=O)N(c3cccc(C)c3)C(=O)[C@@H]12. The maximum atomic E-state index is 14.4. The van der Waals surface area contributed by atoms with Gasteiger partial charge < -0.3 is 4.74 Å². The summed E-state index contributed by atoms with van der Waals surface area (Å²) in [6.07, 6.45) is 0. The topological polar surface area (TPSA) is 101 Å². The summed E-state index contributed by atoms with van der Waals surface area (Å²) < 4.78 is 5.80. The molecule has 43 heavy (non-hydrogen) atoms. The average molecular weight is 575 g/mol. The van der Waals surface area contributed by atoms with E-state index in [4.69, 9.17) is 4.74 Å². The fourth-order valence-electron chi connectivity index (χ4n) is 8.30. The number of benzene rings is 3. The fourth-order valence-corrected chi connectivity index (χ4v) is 8.30. The van der Waals surface area contributed by atoms with Crippen molar-refractivity contribution in [3.63, 3.8) is 0 Å². The van der Waals surface area contributed by atoms with Crippen molar-refractivity contribution in [1.29, 1.82) is 0 Å². The van der Waals surface area contributed by atoms with Crippen molar-refractivity contribution in [2.45, 2.75) is 27.7 Å². The van der Waals surface area contributed by atoms with E-state index >= 15 is 0 Å². The molecule has 8 heteroatoms. The van der Waals surface area contributed by atoms with Gasteiger partial charge in [0.25, 0.3) is 0 Å². The highest BCUT2D eigenvalue weighted by molar-refractivity contribution is 6.27. The smallest absolute Gasteiger partial charge is 0.339 e. The first kappa shape index (κ1) is 27.0. The molecule has 2 saturated heterocycles. The first-order valence-corrected chi connectivity index (χ1v) is 14.4. The molecule has 0 radical (unpaired) electrons. The molecule has 3 fully saturated rings. The normalized spacial score (nSPS) is 29.3. The van der Waals surface area contributed by atoms with E-state index in [2.05, 4.69) is 0 Å².